The van der Waals surface area contributed by atoms with Gasteiger partial charge in [-0.05, 0) is 43.5 Å². The Morgan fingerprint density at radius 1 is 1.28 bits per heavy atom. The van der Waals surface area contributed by atoms with Gasteiger partial charge >= 0.3 is 6.03 Å². The Kier molecular flexibility index (Phi) is 5.27. The van der Waals surface area contributed by atoms with Gasteiger partial charge in [0.25, 0.3) is 0 Å². The van der Waals surface area contributed by atoms with Crippen molar-refractivity contribution in [2.24, 2.45) is 5.92 Å². The smallest absolute Gasteiger partial charge is 0.325 e. The van der Waals surface area contributed by atoms with Crippen molar-refractivity contribution in [1.82, 2.24) is 10.2 Å². The fourth-order valence-corrected chi connectivity index (χ4v) is 3.77. The number of carbonyl (C=O) groups is 3. The molecule has 6 nitrogen and oxygen atoms in total. The molecule has 2 aliphatic rings. The minimum atomic E-state index is -0.828. The fourth-order valence-electron chi connectivity index (χ4n) is 3.65. The molecule has 0 spiro atoms. The molecule has 0 bridgehead atoms. The zero-order valence-corrected chi connectivity index (χ0v) is 14.9. The van der Waals surface area contributed by atoms with Crippen molar-refractivity contribution in [3.8, 4) is 0 Å². The van der Waals surface area contributed by atoms with Gasteiger partial charge in [-0.3, -0.25) is 14.5 Å². The number of nitrogens with zero attached hydrogens (tertiary/aromatic N) is 1. The lowest BCUT2D eigenvalue weighted by Gasteiger charge is -2.42. The van der Waals surface area contributed by atoms with Gasteiger partial charge in [0.1, 0.15) is 6.04 Å². The topological polar surface area (TPSA) is 78.5 Å². The molecule has 1 saturated heterocycles. The average Bonchev–Trinajstić information content (AvgIpc) is 2.60. The van der Waals surface area contributed by atoms with Crippen LogP contribution in [0.3, 0.4) is 0 Å². The van der Waals surface area contributed by atoms with Crippen molar-refractivity contribution in [3.05, 3.63) is 29.3 Å². The van der Waals surface area contributed by atoms with E-state index in [0.717, 1.165) is 30.6 Å². The molecule has 3 rings (SSSR count). The molecular formula is C18H22ClN3O3. The first-order valence-electron chi connectivity index (χ1n) is 8.71. The second-order valence-electron chi connectivity index (χ2n) is 6.58. The minimum absolute atomic E-state index is 0.0955. The van der Waals surface area contributed by atoms with E-state index in [-0.39, 0.29) is 23.8 Å². The van der Waals surface area contributed by atoms with E-state index in [2.05, 4.69) is 10.6 Å². The van der Waals surface area contributed by atoms with Crippen molar-refractivity contribution in [1.29, 1.82) is 0 Å². The number of halogens is 1. The van der Waals surface area contributed by atoms with E-state index in [1.807, 2.05) is 0 Å². The number of imide groups is 1. The van der Waals surface area contributed by atoms with Crippen molar-refractivity contribution in [2.45, 2.75) is 51.1 Å². The molecule has 1 aliphatic carbocycles. The van der Waals surface area contributed by atoms with Crippen LogP contribution in [0.4, 0.5) is 10.5 Å². The molecule has 7 heteroatoms. The standard InChI is InChI=1S/C18H22ClN3O3/c1-2-15(16(23)20-12-9-7-11(19)8-10-12)22-17(24)13-5-3-4-6-14(13)21-18(22)25/h7-10,13-15H,2-6H2,1H3,(H,20,23)(H,21,25). The summed E-state index contributed by atoms with van der Waals surface area (Å²) in [5, 5.41) is 6.24. The van der Waals surface area contributed by atoms with Crippen LogP contribution < -0.4 is 10.6 Å². The molecule has 3 atom stereocenters. The van der Waals surface area contributed by atoms with Crippen molar-refractivity contribution in [2.75, 3.05) is 5.32 Å². The van der Waals surface area contributed by atoms with E-state index in [9.17, 15) is 14.4 Å². The number of nitrogens with one attached hydrogen (secondary N) is 2. The van der Waals surface area contributed by atoms with Crippen molar-refractivity contribution >= 4 is 35.1 Å². The Bertz CT molecular complexity index is 677. The number of hydrogen-bond acceptors (Lipinski definition) is 3. The number of carbonyl (C=O) groups excluding carboxylic acids is 3. The third-order valence-electron chi connectivity index (χ3n) is 4.96. The Morgan fingerprint density at radius 3 is 2.64 bits per heavy atom. The Morgan fingerprint density at radius 2 is 1.96 bits per heavy atom. The number of hydrogen-bond donors (Lipinski definition) is 2. The van der Waals surface area contributed by atoms with Gasteiger partial charge in [-0.1, -0.05) is 31.4 Å². The molecule has 1 aromatic rings. The second-order valence-corrected chi connectivity index (χ2v) is 7.01. The number of amides is 4. The van der Waals surface area contributed by atoms with Crippen molar-refractivity contribution in [3.63, 3.8) is 0 Å². The molecule has 3 unspecified atom stereocenters. The molecule has 0 radical (unpaired) electrons. The normalized spacial score (nSPS) is 24.3. The molecule has 0 aromatic heterocycles. The summed E-state index contributed by atoms with van der Waals surface area (Å²) in [5.74, 6) is -0.821. The van der Waals surface area contributed by atoms with Gasteiger partial charge in [0.05, 0.1) is 5.92 Å². The molecule has 2 N–H and O–H groups in total. The van der Waals surface area contributed by atoms with Gasteiger partial charge < -0.3 is 10.6 Å². The predicted octanol–water partition coefficient (Wildman–Crippen LogP) is 3.17. The monoisotopic (exact) mass is 363 g/mol. The van der Waals surface area contributed by atoms with Crippen LogP contribution in [0, 0.1) is 5.92 Å². The van der Waals surface area contributed by atoms with Crippen LogP contribution in [0.5, 0.6) is 0 Å². The number of benzene rings is 1. The lowest BCUT2D eigenvalue weighted by atomic mass is 9.82. The first-order chi connectivity index (χ1) is 12.0. The lowest BCUT2D eigenvalue weighted by molar-refractivity contribution is -0.142. The maximum absolute atomic E-state index is 12.8. The second kappa shape index (κ2) is 7.44. The van der Waals surface area contributed by atoms with Crippen molar-refractivity contribution < 1.29 is 14.4 Å². The highest BCUT2D eigenvalue weighted by Crippen LogP contribution is 2.30. The van der Waals surface area contributed by atoms with Crippen LogP contribution in [-0.4, -0.2) is 34.8 Å². The fraction of sp³-hybridized carbons (Fsp3) is 0.500. The van der Waals surface area contributed by atoms with Gasteiger partial charge in [0, 0.05) is 16.8 Å². The van der Waals surface area contributed by atoms with E-state index in [4.69, 9.17) is 11.6 Å². The number of anilines is 1. The Labute approximate surface area is 151 Å². The molecule has 134 valence electrons. The summed E-state index contributed by atoms with van der Waals surface area (Å²) in [5.41, 5.74) is 0.577. The molecule has 2 fully saturated rings. The average molecular weight is 364 g/mol. The summed E-state index contributed by atoms with van der Waals surface area (Å²) >= 11 is 5.84. The van der Waals surface area contributed by atoms with Crippen LogP contribution in [0.15, 0.2) is 24.3 Å². The third-order valence-corrected chi connectivity index (χ3v) is 5.21. The maximum atomic E-state index is 12.8. The van der Waals surface area contributed by atoms with E-state index in [0.29, 0.717) is 17.1 Å². The third kappa shape index (κ3) is 3.63. The van der Waals surface area contributed by atoms with Gasteiger partial charge in [-0.2, -0.15) is 0 Å². The summed E-state index contributed by atoms with van der Waals surface area (Å²) in [6.45, 7) is 1.79. The Hall–Kier alpha value is -2.08. The molecule has 25 heavy (non-hydrogen) atoms. The van der Waals surface area contributed by atoms with Crippen LogP contribution in [0.1, 0.15) is 39.0 Å². The highest BCUT2D eigenvalue weighted by atomic mass is 35.5. The zero-order chi connectivity index (χ0) is 18.0. The highest BCUT2D eigenvalue weighted by Gasteiger charge is 2.45. The summed E-state index contributed by atoms with van der Waals surface area (Å²) < 4.78 is 0. The van der Waals surface area contributed by atoms with E-state index in [1.165, 1.54) is 0 Å². The lowest BCUT2D eigenvalue weighted by Crippen LogP contribution is -2.64. The number of urea groups is 1. The number of fused-ring (bicyclic) bond motifs is 1. The first-order valence-corrected chi connectivity index (χ1v) is 9.09. The van der Waals surface area contributed by atoms with E-state index >= 15 is 0 Å². The van der Waals surface area contributed by atoms with Crippen LogP contribution in [0.2, 0.25) is 5.02 Å². The minimum Gasteiger partial charge on any atom is -0.334 e. The van der Waals surface area contributed by atoms with Gasteiger partial charge in [-0.15, -0.1) is 0 Å². The summed E-state index contributed by atoms with van der Waals surface area (Å²) in [7, 11) is 0. The predicted molar refractivity (Wildman–Crippen MR) is 95.3 cm³/mol. The van der Waals surface area contributed by atoms with E-state index < -0.39 is 12.1 Å². The summed E-state index contributed by atoms with van der Waals surface area (Å²) in [6.07, 6.45) is 3.93. The van der Waals surface area contributed by atoms with Crippen LogP contribution >= 0.6 is 11.6 Å². The Balaban J connectivity index is 1.76. The molecule has 1 heterocycles. The highest BCUT2D eigenvalue weighted by molar-refractivity contribution is 6.30. The zero-order valence-electron chi connectivity index (χ0n) is 14.1. The SMILES string of the molecule is CCC(C(=O)Nc1ccc(Cl)cc1)N1C(=O)NC2CCCCC2C1=O. The molecule has 4 amide bonds. The molecule has 1 aliphatic heterocycles. The summed E-state index contributed by atoms with van der Waals surface area (Å²) in [6, 6.07) is 5.32. The molecule has 1 saturated carbocycles. The van der Waals surface area contributed by atoms with Gasteiger partial charge in [0.15, 0.2) is 0 Å². The largest absolute Gasteiger partial charge is 0.334 e. The van der Waals surface area contributed by atoms with Gasteiger partial charge in [0.2, 0.25) is 11.8 Å². The quantitative estimate of drug-likeness (QED) is 0.862. The van der Waals surface area contributed by atoms with E-state index in [1.54, 1.807) is 31.2 Å². The van der Waals surface area contributed by atoms with Crippen LogP contribution in [0.25, 0.3) is 0 Å². The first kappa shape index (κ1) is 17.7. The van der Waals surface area contributed by atoms with Crippen LogP contribution in [-0.2, 0) is 9.59 Å². The maximum Gasteiger partial charge on any atom is 0.325 e. The summed E-state index contributed by atoms with van der Waals surface area (Å²) in [4.78, 5) is 39.1. The number of rotatable bonds is 4. The van der Waals surface area contributed by atoms with Gasteiger partial charge in [-0.25, -0.2) is 4.79 Å². The molecular weight excluding hydrogens is 342 g/mol. The molecule has 1 aromatic carbocycles.